The monoisotopic (exact) mass is 2540 g/mol. The van der Waals surface area contributed by atoms with Crippen LogP contribution in [0.3, 0.4) is 0 Å². The van der Waals surface area contributed by atoms with Crippen LogP contribution in [0.5, 0.6) is 0 Å². The van der Waals surface area contributed by atoms with E-state index in [0.29, 0.717) is 11.8 Å². The zero-order chi connectivity index (χ0) is 93.2. The second-order valence-electron chi connectivity index (χ2n) is 37.5. The van der Waals surface area contributed by atoms with Crippen LogP contribution in [0.2, 0.25) is 78.6 Å². The maximum atomic E-state index is 4.75. The Morgan fingerprint density at radius 1 is 0.299 bits per heavy atom. The molecular formula is C118H130Ir4N8Si4-8. The Bertz CT molecular complexity index is 5930. The molecule has 0 spiro atoms. The van der Waals surface area contributed by atoms with Gasteiger partial charge in [0.1, 0.15) is 0 Å². The van der Waals surface area contributed by atoms with Gasteiger partial charge in [0.2, 0.25) is 0 Å². The molecule has 1 aliphatic rings. The van der Waals surface area contributed by atoms with Crippen LogP contribution in [0.15, 0.2) is 316 Å². The molecule has 8 nitrogen and oxygen atoms in total. The summed E-state index contributed by atoms with van der Waals surface area (Å²) in [7, 11) is -5.33. The van der Waals surface area contributed by atoms with Gasteiger partial charge >= 0.3 is 0 Å². The second-order valence-corrected chi connectivity index (χ2v) is 57.6. The minimum absolute atomic E-state index is 0. The van der Waals surface area contributed by atoms with Gasteiger partial charge in [-0.05, 0) is 162 Å². The molecule has 0 N–H and O–H groups in total. The SMILES string of the molecule is CC(C)c1cc(-c2[c-]cccc2)ncc1[Si](C)(C)C.CCC(C)c1cc(-c2[c-]cccc2)ncc1[Si](C)(C)C.CCc1cc(-c2[c-]cccc2)ncc1[Si](C)(C)C.C[Si](C)(C)c1cnc(-c2[c-]cccc2)cc1C1CCCC1.Cc1cccnc1-c1[c-]cccc1.Cc1cccnc1-c1[c-]cccc1.Cc1ccnc(-c2[c-]cccc2)c1.Cc1ccnc(-c2[c-]cccc2)c1.[Ir].[Ir].[Ir].[Ir]. The number of aromatic nitrogens is 8. The van der Waals surface area contributed by atoms with E-state index in [-0.39, 0.29) is 80.4 Å². The molecule has 8 aromatic heterocycles. The molecule has 1 unspecified atom stereocenters. The first-order chi connectivity index (χ1) is 62.4. The average Bonchev–Trinajstić information content (AvgIpc) is 1.72. The topological polar surface area (TPSA) is 103 Å². The van der Waals surface area contributed by atoms with Crippen LogP contribution in [0.4, 0.5) is 0 Å². The predicted octanol–water partition coefficient (Wildman–Crippen LogP) is 28.7. The summed E-state index contributed by atoms with van der Waals surface area (Å²) in [5.74, 6) is 1.87. The molecule has 0 saturated heterocycles. The third-order valence-corrected chi connectivity index (χ3v) is 30.8. The zero-order valence-electron chi connectivity index (χ0n) is 81.9. The summed E-state index contributed by atoms with van der Waals surface area (Å²) in [5.41, 5.74) is 27.5. The minimum atomic E-state index is -1.35. The van der Waals surface area contributed by atoms with E-state index in [9.17, 15) is 0 Å². The van der Waals surface area contributed by atoms with Crippen molar-refractivity contribution in [3.05, 3.63) is 410 Å². The first kappa shape index (κ1) is 113. The van der Waals surface area contributed by atoms with E-state index in [1.807, 2.05) is 213 Å². The quantitative estimate of drug-likeness (QED) is 0.0656. The van der Waals surface area contributed by atoms with Crippen molar-refractivity contribution in [1.29, 1.82) is 0 Å². The fourth-order valence-electron chi connectivity index (χ4n) is 15.3. The van der Waals surface area contributed by atoms with Crippen molar-refractivity contribution in [2.24, 2.45) is 0 Å². The molecule has 17 rings (SSSR count). The van der Waals surface area contributed by atoms with Crippen molar-refractivity contribution in [2.75, 3.05) is 0 Å². The van der Waals surface area contributed by atoms with Crippen LogP contribution >= 0.6 is 0 Å². The van der Waals surface area contributed by atoms with E-state index in [4.69, 9.17) is 9.97 Å². The molecule has 134 heavy (non-hydrogen) atoms. The van der Waals surface area contributed by atoms with Gasteiger partial charge in [-0.25, -0.2) is 0 Å². The maximum Gasteiger partial charge on any atom is 0.0799 e. The first-order valence-electron chi connectivity index (χ1n) is 45.8. The van der Waals surface area contributed by atoms with Crippen LogP contribution < -0.4 is 20.7 Å². The van der Waals surface area contributed by atoms with Gasteiger partial charge in [-0.2, -0.15) is 0 Å². The maximum absolute atomic E-state index is 4.75. The molecule has 1 aliphatic carbocycles. The smallest absolute Gasteiger partial charge is 0.0799 e. The Morgan fingerprint density at radius 3 is 0.881 bits per heavy atom. The summed E-state index contributed by atoms with van der Waals surface area (Å²) in [6.45, 7) is 48.3. The van der Waals surface area contributed by atoms with E-state index in [1.165, 1.54) is 86.6 Å². The van der Waals surface area contributed by atoms with Gasteiger partial charge in [0.05, 0.1) is 32.3 Å². The Labute approximate surface area is 861 Å². The molecule has 16 aromatic rings. The molecule has 0 bridgehead atoms. The largest absolute Gasteiger partial charge is 0.305 e. The number of aryl methyl sites for hydroxylation is 5. The molecule has 1 saturated carbocycles. The van der Waals surface area contributed by atoms with E-state index >= 15 is 0 Å². The van der Waals surface area contributed by atoms with Gasteiger partial charge in [0.25, 0.3) is 0 Å². The predicted molar refractivity (Wildman–Crippen MR) is 562 cm³/mol. The van der Waals surface area contributed by atoms with Crippen LogP contribution in [0, 0.1) is 76.2 Å². The molecule has 8 heterocycles. The number of hydrogen-bond acceptors (Lipinski definition) is 8. The third-order valence-electron chi connectivity index (χ3n) is 22.7. The van der Waals surface area contributed by atoms with Gasteiger partial charge in [-0.1, -0.05) is 219 Å². The van der Waals surface area contributed by atoms with Crippen molar-refractivity contribution in [3.8, 4) is 90.1 Å². The Kier molecular flexibility index (Phi) is 47.5. The first-order valence-corrected chi connectivity index (χ1v) is 59.8. The molecule has 0 amide bonds. The number of hydrogen-bond donors (Lipinski definition) is 0. The third kappa shape index (κ3) is 34.9. The number of nitrogens with zero attached hydrogens (tertiary/aromatic N) is 8. The van der Waals surface area contributed by atoms with Crippen molar-refractivity contribution in [3.63, 3.8) is 0 Å². The molecular weight excluding hydrogens is 2410 g/mol. The van der Waals surface area contributed by atoms with Crippen molar-refractivity contribution in [2.45, 2.75) is 197 Å². The summed E-state index contributed by atoms with van der Waals surface area (Å²) in [6, 6.07) is 115. The normalized spacial score (nSPS) is 11.6. The van der Waals surface area contributed by atoms with E-state index in [1.54, 1.807) is 10.8 Å². The van der Waals surface area contributed by atoms with E-state index < -0.39 is 32.3 Å². The van der Waals surface area contributed by atoms with Gasteiger partial charge in [0, 0.05) is 130 Å². The minimum Gasteiger partial charge on any atom is -0.305 e. The number of benzene rings is 8. The van der Waals surface area contributed by atoms with Crippen molar-refractivity contribution >= 4 is 53.0 Å². The van der Waals surface area contributed by atoms with Gasteiger partial charge in [-0.3, -0.25) is 0 Å². The molecule has 16 heteroatoms. The number of rotatable bonds is 17. The molecule has 1 fully saturated rings. The summed E-state index contributed by atoms with van der Waals surface area (Å²) in [6.07, 6.45) is 23.4. The second kappa shape index (κ2) is 56.2. The van der Waals surface area contributed by atoms with Crippen LogP contribution in [0.25, 0.3) is 90.1 Å². The summed E-state index contributed by atoms with van der Waals surface area (Å²) < 4.78 is 0. The van der Waals surface area contributed by atoms with Crippen LogP contribution in [-0.4, -0.2) is 72.2 Å². The Morgan fingerprint density at radius 2 is 0.590 bits per heavy atom. The molecule has 1 atom stereocenters. The fraction of sp³-hybridized carbons (Fsp3) is 0.254. The molecule has 0 aliphatic heterocycles. The summed E-state index contributed by atoms with van der Waals surface area (Å²) in [5, 5.41) is 5.99. The Hall–Kier alpha value is -9.58. The number of pyridine rings is 8. The van der Waals surface area contributed by atoms with Gasteiger partial charge in [0.15, 0.2) is 0 Å². The molecule has 4 radical (unpaired) electrons. The molecule has 8 aromatic carbocycles. The summed E-state index contributed by atoms with van der Waals surface area (Å²) in [4.78, 5) is 35.9. The zero-order valence-corrected chi connectivity index (χ0v) is 95.5. The van der Waals surface area contributed by atoms with Crippen LogP contribution in [0.1, 0.15) is 129 Å². The Balaban J connectivity index is 0.000000236. The van der Waals surface area contributed by atoms with E-state index in [0.717, 1.165) is 102 Å². The van der Waals surface area contributed by atoms with Crippen LogP contribution in [-0.2, 0) is 86.8 Å². The van der Waals surface area contributed by atoms with Gasteiger partial charge < -0.3 is 39.9 Å². The standard InChI is InChI=1S/C19H24NSi.C18H24NSi.C17H22NSi.C16H20NSi.4C12H10N.4Ir/c1-21(2,3)19-14-20-18(16-11-5-4-6-12-16)13-17(19)15-9-7-8-10-15;1-6-14(2)16-12-17(15-10-8-7-9-11-15)19-13-18(16)20(3,4)5;1-13(2)15-11-16(14-9-7-6-8-10-14)18-12-17(15)19(3,4)5;1-5-13-11-15(14-9-7-6-8-10-14)17-12-16(13)18(2,3)4;2*1-10-6-5-9-13-12(10)11-7-3-2-4-8-11;2*1-10-7-8-13-12(9-10)11-5-3-2-4-6-11;;;;/h4-6,11,13-15H,7-10H2,1-3H3;7-10,12-14H,6H2,1-5H3;6-9,11-13H,1-5H3;6-9,11-12H,5H2,1-4H3;2*2-7,9H,1H3;2*2-5,7-9H,1H3;;;;/q8*-1;;;;. The van der Waals surface area contributed by atoms with E-state index in [2.05, 4.69) is 323 Å². The average molecular weight is 2540 g/mol. The van der Waals surface area contributed by atoms with Gasteiger partial charge in [-0.15, -0.1) is 287 Å². The van der Waals surface area contributed by atoms with Crippen molar-refractivity contribution in [1.82, 2.24) is 39.9 Å². The van der Waals surface area contributed by atoms with Crippen molar-refractivity contribution < 1.29 is 80.4 Å². The summed E-state index contributed by atoms with van der Waals surface area (Å²) >= 11 is 0. The molecule has 702 valence electrons. The fourth-order valence-corrected chi connectivity index (χ4v) is 21.9.